The Kier molecular flexibility index (Phi) is 5.38. The van der Waals surface area contributed by atoms with Crippen molar-refractivity contribution in [3.63, 3.8) is 0 Å². The van der Waals surface area contributed by atoms with Crippen LogP contribution < -0.4 is 4.72 Å². The van der Waals surface area contributed by atoms with Gasteiger partial charge in [0.1, 0.15) is 11.4 Å². The SMILES string of the molecule is O=S(=O)(Nc1c(-c2ccccc2)noc1Cc1ccc(Cl)cc1)c1ccccc1. The van der Waals surface area contributed by atoms with Crippen LogP contribution in [0.2, 0.25) is 5.02 Å². The van der Waals surface area contributed by atoms with Gasteiger partial charge in [0.2, 0.25) is 0 Å². The lowest BCUT2D eigenvalue weighted by atomic mass is 10.1. The minimum absolute atomic E-state index is 0.164. The van der Waals surface area contributed by atoms with E-state index in [0.29, 0.717) is 28.6 Å². The molecule has 0 aliphatic heterocycles. The molecule has 146 valence electrons. The molecule has 1 N–H and O–H groups in total. The number of nitrogens with one attached hydrogen (secondary N) is 1. The van der Waals surface area contributed by atoms with Gasteiger partial charge in [0.05, 0.1) is 4.90 Å². The molecule has 0 aliphatic carbocycles. The van der Waals surface area contributed by atoms with Crippen molar-refractivity contribution in [2.45, 2.75) is 11.3 Å². The molecule has 0 amide bonds. The first kappa shape index (κ1) is 19.2. The molecule has 0 fully saturated rings. The van der Waals surface area contributed by atoms with E-state index in [9.17, 15) is 8.42 Å². The van der Waals surface area contributed by atoms with Crippen molar-refractivity contribution >= 4 is 27.3 Å². The van der Waals surface area contributed by atoms with Crippen LogP contribution in [-0.2, 0) is 16.4 Å². The highest BCUT2D eigenvalue weighted by Crippen LogP contribution is 2.33. The van der Waals surface area contributed by atoms with Crippen molar-refractivity contribution in [3.8, 4) is 11.3 Å². The lowest BCUT2D eigenvalue weighted by Gasteiger charge is -2.10. The number of aromatic nitrogens is 1. The lowest BCUT2D eigenvalue weighted by molar-refractivity contribution is 0.392. The Balaban J connectivity index is 1.76. The van der Waals surface area contributed by atoms with Crippen LogP contribution in [0.3, 0.4) is 0 Å². The first-order valence-corrected chi connectivity index (χ1v) is 10.8. The quantitative estimate of drug-likeness (QED) is 0.450. The molecule has 0 unspecified atom stereocenters. The molecule has 0 radical (unpaired) electrons. The Bertz CT molecular complexity index is 1210. The van der Waals surface area contributed by atoms with Gasteiger partial charge < -0.3 is 4.52 Å². The molecular weight excluding hydrogens is 408 g/mol. The third kappa shape index (κ3) is 4.34. The van der Waals surface area contributed by atoms with Crippen LogP contribution >= 0.6 is 11.6 Å². The topological polar surface area (TPSA) is 72.2 Å². The lowest BCUT2D eigenvalue weighted by Crippen LogP contribution is -2.14. The molecule has 29 heavy (non-hydrogen) atoms. The van der Waals surface area contributed by atoms with E-state index in [-0.39, 0.29) is 4.90 Å². The third-order valence-electron chi connectivity index (χ3n) is 4.38. The molecule has 0 saturated heterocycles. The Morgan fingerprint density at radius 1 is 0.862 bits per heavy atom. The number of nitrogens with zero attached hydrogens (tertiary/aromatic N) is 1. The molecule has 4 aromatic rings. The van der Waals surface area contributed by atoms with Crippen LogP contribution in [-0.4, -0.2) is 13.6 Å². The Labute approximate surface area is 174 Å². The maximum Gasteiger partial charge on any atom is 0.262 e. The van der Waals surface area contributed by atoms with E-state index in [1.165, 1.54) is 12.1 Å². The molecular formula is C22H17ClN2O3S. The smallest absolute Gasteiger partial charge is 0.262 e. The fourth-order valence-electron chi connectivity index (χ4n) is 2.92. The Hall–Kier alpha value is -3.09. The summed E-state index contributed by atoms with van der Waals surface area (Å²) in [4.78, 5) is 0.164. The summed E-state index contributed by atoms with van der Waals surface area (Å²) in [5.41, 5.74) is 2.44. The zero-order valence-corrected chi connectivity index (χ0v) is 16.8. The number of hydrogen-bond acceptors (Lipinski definition) is 4. The predicted molar refractivity (Wildman–Crippen MR) is 113 cm³/mol. The van der Waals surface area contributed by atoms with Crippen LogP contribution in [0.1, 0.15) is 11.3 Å². The second kappa shape index (κ2) is 8.11. The highest BCUT2D eigenvalue weighted by molar-refractivity contribution is 7.92. The van der Waals surface area contributed by atoms with Crippen LogP contribution in [0.5, 0.6) is 0 Å². The van der Waals surface area contributed by atoms with Crippen LogP contribution in [0, 0.1) is 0 Å². The molecule has 0 aliphatic rings. The molecule has 0 spiro atoms. The standard InChI is InChI=1S/C22H17ClN2O3S/c23-18-13-11-16(12-14-18)15-20-22(21(24-28-20)17-7-3-1-4-8-17)25-29(26,27)19-9-5-2-6-10-19/h1-14,25H,15H2. The summed E-state index contributed by atoms with van der Waals surface area (Å²) in [6.45, 7) is 0. The van der Waals surface area contributed by atoms with Crippen molar-refractivity contribution < 1.29 is 12.9 Å². The fourth-order valence-corrected chi connectivity index (χ4v) is 4.16. The third-order valence-corrected chi connectivity index (χ3v) is 6.00. The van der Waals surface area contributed by atoms with E-state index < -0.39 is 10.0 Å². The van der Waals surface area contributed by atoms with Gasteiger partial charge in [-0.05, 0) is 29.8 Å². The zero-order chi connectivity index (χ0) is 20.3. The van der Waals surface area contributed by atoms with Crippen molar-refractivity contribution in [2.24, 2.45) is 0 Å². The van der Waals surface area contributed by atoms with E-state index in [2.05, 4.69) is 9.88 Å². The predicted octanol–water partition coefficient (Wildman–Crippen LogP) is 5.39. The molecule has 4 rings (SSSR count). The summed E-state index contributed by atoms with van der Waals surface area (Å²) in [7, 11) is -3.81. The van der Waals surface area contributed by atoms with Gasteiger partial charge in [-0.1, -0.05) is 77.4 Å². The monoisotopic (exact) mass is 424 g/mol. The average Bonchev–Trinajstić information content (AvgIpc) is 3.12. The van der Waals surface area contributed by atoms with Gasteiger partial charge in [-0.2, -0.15) is 0 Å². The first-order chi connectivity index (χ1) is 14.0. The number of benzene rings is 3. The highest BCUT2D eigenvalue weighted by atomic mass is 35.5. The summed E-state index contributed by atoms with van der Waals surface area (Å²) in [5, 5.41) is 4.78. The summed E-state index contributed by atoms with van der Waals surface area (Å²) in [6.07, 6.45) is 0.365. The maximum absolute atomic E-state index is 12.9. The minimum atomic E-state index is -3.81. The number of hydrogen-bond donors (Lipinski definition) is 1. The molecule has 0 atom stereocenters. The normalized spacial score (nSPS) is 11.3. The van der Waals surface area contributed by atoms with E-state index in [1.807, 2.05) is 42.5 Å². The molecule has 1 aromatic heterocycles. The van der Waals surface area contributed by atoms with E-state index in [4.69, 9.17) is 16.1 Å². The molecule has 3 aromatic carbocycles. The van der Waals surface area contributed by atoms with Crippen LogP contribution in [0.15, 0.2) is 94.3 Å². The zero-order valence-electron chi connectivity index (χ0n) is 15.2. The summed E-state index contributed by atoms with van der Waals surface area (Å²) in [6, 6.07) is 24.8. The second-order valence-electron chi connectivity index (χ2n) is 6.42. The first-order valence-electron chi connectivity index (χ1n) is 8.89. The second-order valence-corrected chi connectivity index (χ2v) is 8.54. The highest BCUT2D eigenvalue weighted by Gasteiger charge is 2.24. The maximum atomic E-state index is 12.9. The molecule has 0 saturated carbocycles. The number of anilines is 1. The van der Waals surface area contributed by atoms with Gasteiger partial charge in [-0.3, -0.25) is 4.72 Å². The number of halogens is 1. The number of rotatable bonds is 6. The fraction of sp³-hybridized carbons (Fsp3) is 0.0455. The number of sulfonamides is 1. The van der Waals surface area contributed by atoms with Crippen molar-refractivity contribution in [1.29, 1.82) is 0 Å². The average molecular weight is 425 g/mol. The minimum Gasteiger partial charge on any atom is -0.358 e. The Morgan fingerprint density at radius 2 is 1.48 bits per heavy atom. The van der Waals surface area contributed by atoms with E-state index >= 15 is 0 Å². The Morgan fingerprint density at radius 3 is 2.14 bits per heavy atom. The van der Waals surface area contributed by atoms with Gasteiger partial charge in [0, 0.05) is 17.0 Å². The van der Waals surface area contributed by atoms with Gasteiger partial charge in [0.15, 0.2) is 5.76 Å². The summed E-state index contributed by atoms with van der Waals surface area (Å²) >= 11 is 5.96. The van der Waals surface area contributed by atoms with Crippen molar-refractivity contribution in [1.82, 2.24) is 5.16 Å². The largest absolute Gasteiger partial charge is 0.358 e. The molecule has 7 heteroatoms. The molecule has 1 heterocycles. The molecule has 0 bridgehead atoms. The van der Waals surface area contributed by atoms with E-state index in [0.717, 1.165) is 11.1 Å². The van der Waals surface area contributed by atoms with Gasteiger partial charge in [-0.15, -0.1) is 0 Å². The van der Waals surface area contributed by atoms with E-state index in [1.54, 1.807) is 30.3 Å². The van der Waals surface area contributed by atoms with Gasteiger partial charge in [-0.25, -0.2) is 8.42 Å². The van der Waals surface area contributed by atoms with Crippen LogP contribution in [0.25, 0.3) is 11.3 Å². The van der Waals surface area contributed by atoms with Gasteiger partial charge in [0.25, 0.3) is 10.0 Å². The van der Waals surface area contributed by atoms with Crippen molar-refractivity contribution in [2.75, 3.05) is 4.72 Å². The molecule has 5 nitrogen and oxygen atoms in total. The van der Waals surface area contributed by atoms with Crippen molar-refractivity contribution in [3.05, 3.63) is 101 Å². The summed E-state index contributed by atoms with van der Waals surface area (Å²) in [5.74, 6) is 0.422. The van der Waals surface area contributed by atoms with Crippen LogP contribution in [0.4, 0.5) is 5.69 Å². The van der Waals surface area contributed by atoms with Gasteiger partial charge >= 0.3 is 0 Å². The summed E-state index contributed by atoms with van der Waals surface area (Å²) < 4.78 is 34.1.